The summed E-state index contributed by atoms with van der Waals surface area (Å²) in [6, 6.07) is 15.7. The van der Waals surface area contributed by atoms with E-state index < -0.39 is 5.97 Å². The van der Waals surface area contributed by atoms with E-state index in [4.69, 9.17) is 9.84 Å². The fourth-order valence-electron chi connectivity index (χ4n) is 2.57. The number of carbonyl (C=O) groups is 1. The van der Waals surface area contributed by atoms with Crippen LogP contribution in [0.5, 0.6) is 5.75 Å². The summed E-state index contributed by atoms with van der Waals surface area (Å²) in [4.78, 5) is 14.2. The lowest BCUT2D eigenvalue weighted by molar-refractivity contribution is -0.136. The van der Waals surface area contributed by atoms with Crippen LogP contribution in [0.1, 0.15) is 16.8 Å². The van der Waals surface area contributed by atoms with Crippen molar-refractivity contribution in [1.82, 2.24) is 4.98 Å². The Morgan fingerprint density at radius 3 is 2.68 bits per heavy atom. The van der Waals surface area contributed by atoms with Crippen LogP contribution in [-0.4, -0.2) is 16.1 Å². The number of hydrogen-bond donors (Lipinski definition) is 2. The van der Waals surface area contributed by atoms with Crippen LogP contribution in [-0.2, 0) is 17.8 Å². The lowest BCUT2D eigenvalue weighted by atomic mass is 10.1. The van der Waals surface area contributed by atoms with E-state index in [9.17, 15) is 4.79 Å². The van der Waals surface area contributed by atoms with E-state index in [0.29, 0.717) is 6.61 Å². The van der Waals surface area contributed by atoms with Gasteiger partial charge < -0.3 is 14.8 Å². The summed E-state index contributed by atoms with van der Waals surface area (Å²) in [5.74, 6) is -0.0957. The van der Waals surface area contributed by atoms with Crippen LogP contribution in [0.15, 0.2) is 48.5 Å². The summed E-state index contributed by atoms with van der Waals surface area (Å²) in [7, 11) is 0. The van der Waals surface area contributed by atoms with Crippen molar-refractivity contribution < 1.29 is 14.6 Å². The largest absolute Gasteiger partial charge is 0.489 e. The first kappa shape index (κ1) is 14.2. The lowest BCUT2D eigenvalue weighted by Crippen LogP contribution is -2.00. The molecule has 0 spiro atoms. The Kier molecular flexibility index (Phi) is 3.83. The van der Waals surface area contributed by atoms with Gasteiger partial charge in [-0.3, -0.25) is 4.79 Å². The molecule has 3 rings (SSSR count). The van der Waals surface area contributed by atoms with Gasteiger partial charge in [0.05, 0.1) is 6.42 Å². The first-order chi connectivity index (χ1) is 10.6. The molecule has 0 amide bonds. The third-order valence-corrected chi connectivity index (χ3v) is 3.67. The molecule has 0 saturated carbocycles. The quantitative estimate of drug-likeness (QED) is 0.754. The molecule has 1 heterocycles. The molecule has 0 fully saturated rings. The minimum Gasteiger partial charge on any atom is -0.489 e. The van der Waals surface area contributed by atoms with E-state index >= 15 is 0 Å². The van der Waals surface area contributed by atoms with Crippen LogP contribution < -0.4 is 4.74 Å². The number of hydrogen-bond acceptors (Lipinski definition) is 2. The van der Waals surface area contributed by atoms with Gasteiger partial charge in [0, 0.05) is 16.6 Å². The number of carboxylic acid groups (broad SMARTS) is 1. The third-order valence-electron chi connectivity index (χ3n) is 3.67. The molecule has 112 valence electrons. The second kappa shape index (κ2) is 5.93. The van der Waals surface area contributed by atoms with Gasteiger partial charge in [0.25, 0.3) is 0 Å². The average molecular weight is 295 g/mol. The molecule has 1 aromatic heterocycles. The molecule has 2 N–H and O–H groups in total. The van der Waals surface area contributed by atoms with Crippen molar-refractivity contribution in [3.8, 4) is 5.75 Å². The molecule has 0 aliphatic heterocycles. The van der Waals surface area contributed by atoms with Crippen molar-refractivity contribution in [3.63, 3.8) is 0 Å². The molecule has 4 nitrogen and oxygen atoms in total. The highest BCUT2D eigenvalue weighted by Crippen LogP contribution is 2.27. The van der Waals surface area contributed by atoms with Crippen LogP contribution in [0.2, 0.25) is 0 Å². The van der Waals surface area contributed by atoms with Crippen LogP contribution in [0.4, 0.5) is 0 Å². The lowest BCUT2D eigenvalue weighted by Gasteiger charge is -2.07. The molecule has 0 atom stereocenters. The molecule has 0 saturated heterocycles. The van der Waals surface area contributed by atoms with Crippen molar-refractivity contribution in [1.29, 1.82) is 0 Å². The highest BCUT2D eigenvalue weighted by molar-refractivity contribution is 5.89. The normalized spacial score (nSPS) is 10.8. The molecule has 0 aliphatic carbocycles. The minimum absolute atomic E-state index is 0.00791. The predicted octanol–water partition coefficient (Wildman–Crippen LogP) is 3.68. The number of aliphatic carboxylic acids is 1. The Labute approximate surface area is 128 Å². The number of nitrogens with one attached hydrogen (secondary N) is 1. The van der Waals surface area contributed by atoms with Gasteiger partial charge in [0.2, 0.25) is 0 Å². The minimum atomic E-state index is -0.834. The van der Waals surface area contributed by atoms with E-state index in [-0.39, 0.29) is 6.42 Å². The number of aromatic amines is 1. The van der Waals surface area contributed by atoms with Gasteiger partial charge in [0.15, 0.2) is 0 Å². The van der Waals surface area contributed by atoms with Crippen LogP contribution >= 0.6 is 0 Å². The van der Waals surface area contributed by atoms with E-state index in [0.717, 1.165) is 33.5 Å². The summed E-state index contributed by atoms with van der Waals surface area (Å²) in [5, 5.41) is 9.95. The maximum absolute atomic E-state index is 11.0. The number of rotatable bonds is 5. The predicted molar refractivity (Wildman–Crippen MR) is 85.1 cm³/mol. The molecular weight excluding hydrogens is 278 g/mol. The molecule has 3 aromatic rings. The summed E-state index contributed by atoms with van der Waals surface area (Å²) in [6.07, 6.45) is 0.00791. The SMILES string of the molecule is Cc1[nH]c2ccc(OCc3ccccc3)cc2c1CC(=O)O. The summed E-state index contributed by atoms with van der Waals surface area (Å²) < 4.78 is 5.81. The molecule has 0 bridgehead atoms. The highest BCUT2D eigenvalue weighted by atomic mass is 16.5. The zero-order valence-corrected chi connectivity index (χ0v) is 12.3. The van der Waals surface area contributed by atoms with Crippen molar-refractivity contribution in [2.75, 3.05) is 0 Å². The zero-order chi connectivity index (χ0) is 15.5. The highest BCUT2D eigenvalue weighted by Gasteiger charge is 2.12. The van der Waals surface area contributed by atoms with Crippen LogP contribution in [0.25, 0.3) is 10.9 Å². The summed E-state index contributed by atoms with van der Waals surface area (Å²) in [6.45, 7) is 2.38. The number of ether oxygens (including phenoxy) is 1. The number of aryl methyl sites for hydroxylation is 1. The van der Waals surface area contributed by atoms with E-state index in [1.807, 2.05) is 55.5 Å². The van der Waals surface area contributed by atoms with Crippen molar-refractivity contribution >= 4 is 16.9 Å². The Morgan fingerprint density at radius 1 is 1.18 bits per heavy atom. The van der Waals surface area contributed by atoms with E-state index in [1.165, 1.54) is 0 Å². The van der Waals surface area contributed by atoms with Crippen molar-refractivity contribution in [3.05, 3.63) is 65.4 Å². The van der Waals surface area contributed by atoms with E-state index in [1.54, 1.807) is 0 Å². The molecule has 4 heteroatoms. The summed E-state index contributed by atoms with van der Waals surface area (Å²) in [5.41, 5.74) is 3.73. The fraction of sp³-hybridized carbons (Fsp3) is 0.167. The first-order valence-corrected chi connectivity index (χ1v) is 7.13. The maximum atomic E-state index is 11.0. The number of benzene rings is 2. The van der Waals surface area contributed by atoms with Gasteiger partial charge in [-0.15, -0.1) is 0 Å². The number of fused-ring (bicyclic) bond motifs is 1. The number of H-pyrrole nitrogens is 1. The second-order valence-corrected chi connectivity index (χ2v) is 5.28. The third kappa shape index (κ3) is 2.96. The molecular formula is C18H17NO3. The monoisotopic (exact) mass is 295 g/mol. The zero-order valence-electron chi connectivity index (χ0n) is 12.3. The first-order valence-electron chi connectivity index (χ1n) is 7.13. The van der Waals surface area contributed by atoms with E-state index in [2.05, 4.69) is 4.98 Å². The number of carboxylic acids is 1. The molecule has 0 aliphatic rings. The Morgan fingerprint density at radius 2 is 1.95 bits per heavy atom. The summed E-state index contributed by atoms with van der Waals surface area (Å²) >= 11 is 0. The van der Waals surface area contributed by atoms with Crippen molar-refractivity contribution in [2.45, 2.75) is 20.0 Å². The fourth-order valence-corrected chi connectivity index (χ4v) is 2.57. The van der Waals surface area contributed by atoms with Crippen molar-refractivity contribution in [2.24, 2.45) is 0 Å². The van der Waals surface area contributed by atoms with Crippen LogP contribution in [0.3, 0.4) is 0 Å². The average Bonchev–Trinajstić information content (AvgIpc) is 2.81. The Bertz CT molecular complexity index is 806. The smallest absolute Gasteiger partial charge is 0.307 e. The Hall–Kier alpha value is -2.75. The van der Waals surface area contributed by atoms with Gasteiger partial charge in [-0.05, 0) is 36.2 Å². The number of aromatic nitrogens is 1. The van der Waals surface area contributed by atoms with Gasteiger partial charge >= 0.3 is 5.97 Å². The standard InChI is InChI=1S/C18H17NO3/c1-12-15(10-18(20)21)16-9-14(7-8-17(16)19-12)22-11-13-5-3-2-4-6-13/h2-9,19H,10-11H2,1H3,(H,20,21). The second-order valence-electron chi connectivity index (χ2n) is 5.28. The molecule has 0 radical (unpaired) electrons. The van der Waals surface area contributed by atoms with Gasteiger partial charge in [-0.2, -0.15) is 0 Å². The molecule has 2 aromatic carbocycles. The molecule has 0 unspecified atom stereocenters. The van der Waals surface area contributed by atoms with Gasteiger partial charge in [-0.25, -0.2) is 0 Å². The Balaban J connectivity index is 1.86. The maximum Gasteiger partial charge on any atom is 0.307 e. The van der Waals surface area contributed by atoms with Gasteiger partial charge in [-0.1, -0.05) is 30.3 Å². The van der Waals surface area contributed by atoms with Gasteiger partial charge in [0.1, 0.15) is 12.4 Å². The topological polar surface area (TPSA) is 62.3 Å². The molecule has 22 heavy (non-hydrogen) atoms. The van der Waals surface area contributed by atoms with Crippen LogP contribution in [0, 0.1) is 6.92 Å².